The molecule has 0 spiro atoms. The molecule has 1 aromatic carbocycles. The Kier molecular flexibility index (Phi) is 5.90. The Morgan fingerprint density at radius 1 is 1.14 bits per heavy atom. The van der Waals surface area contributed by atoms with Crippen LogP contribution >= 0.6 is 0 Å². The van der Waals surface area contributed by atoms with Gasteiger partial charge in [0.25, 0.3) is 0 Å². The number of rotatable bonds is 5. The predicted molar refractivity (Wildman–Crippen MR) is 86.3 cm³/mol. The molecule has 116 valence electrons. The Hall–Kier alpha value is -1.88. The zero-order valence-electron chi connectivity index (χ0n) is 13.4. The van der Waals surface area contributed by atoms with E-state index in [0.717, 1.165) is 0 Å². The maximum absolute atomic E-state index is 11.9. The minimum atomic E-state index is -0.140. The second kappa shape index (κ2) is 7.22. The molecule has 0 unspecified atom stereocenters. The Labute approximate surface area is 126 Å². The summed E-state index contributed by atoms with van der Waals surface area (Å²) in [7, 11) is 0. The van der Waals surface area contributed by atoms with Gasteiger partial charge in [0.05, 0.1) is 6.54 Å². The van der Waals surface area contributed by atoms with Crippen LogP contribution in [-0.4, -0.2) is 24.4 Å². The molecular formula is C16H25N3O2. The summed E-state index contributed by atoms with van der Waals surface area (Å²) in [6.45, 7) is 10.1. The van der Waals surface area contributed by atoms with Crippen LogP contribution in [-0.2, 0) is 9.59 Å². The third kappa shape index (κ3) is 6.40. The van der Waals surface area contributed by atoms with E-state index in [9.17, 15) is 9.59 Å². The number of nitrogens with one attached hydrogen (secondary N) is 3. The Morgan fingerprint density at radius 2 is 1.71 bits per heavy atom. The first-order valence-corrected chi connectivity index (χ1v) is 7.09. The molecule has 2 amide bonds. The van der Waals surface area contributed by atoms with Gasteiger partial charge in [-0.1, -0.05) is 26.8 Å². The van der Waals surface area contributed by atoms with E-state index in [0.29, 0.717) is 11.4 Å². The highest BCUT2D eigenvalue weighted by Gasteiger charge is 2.19. The number of carbonyl (C=O) groups is 2. The monoisotopic (exact) mass is 291 g/mol. The van der Waals surface area contributed by atoms with Gasteiger partial charge < -0.3 is 16.0 Å². The molecule has 0 saturated carbocycles. The van der Waals surface area contributed by atoms with E-state index in [-0.39, 0.29) is 29.8 Å². The van der Waals surface area contributed by atoms with Crippen LogP contribution in [0.2, 0.25) is 0 Å². The summed E-state index contributed by atoms with van der Waals surface area (Å²) in [5.74, 6) is -0.245. The van der Waals surface area contributed by atoms with Crippen molar-refractivity contribution in [2.24, 2.45) is 5.41 Å². The Morgan fingerprint density at radius 3 is 2.24 bits per heavy atom. The van der Waals surface area contributed by atoms with Crippen LogP contribution in [0.25, 0.3) is 0 Å². The van der Waals surface area contributed by atoms with Crippen molar-refractivity contribution in [3.63, 3.8) is 0 Å². The molecule has 5 nitrogen and oxygen atoms in total. The molecule has 0 aliphatic heterocycles. The smallest absolute Gasteiger partial charge is 0.238 e. The Balaban J connectivity index is 2.53. The average molecular weight is 291 g/mol. The summed E-state index contributed by atoms with van der Waals surface area (Å²) in [6, 6.07) is 7.31. The van der Waals surface area contributed by atoms with Crippen molar-refractivity contribution in [3.05, 3.63) is 24.3 Å². The van der Waals surface area contributed by atoms with Gasteiger partial charge in [-0.3, -0.25) is 9.59 Å². The largest absolute Gasteiger partial charge is 0.326 e. The summed E-state index contributed by atoms with van der Waals surface area (Å²) < 4.78 is 0. The lowest BCUT2D eigenvalue weighted by atomic mass is 9.88. The van der Waals surface area contributed by atoms with Crippen molar-refractivity contribution in [2.45, 2.75) is 40.7 Å². The van der Waals surface area contributed by atoms with E-state index in [1.807, 2.05) is 0 Å². The van der Waals surface area contributed by atoms with Crippen molar-refractivity contribution in [3.8, 4) is 0 Å². The molecule has 21 heavy (non-hydrogen) atoms. The molecule has 0 aromatic heterocycles. The summed E-state index contributed by atoms with van der Waals surface area (Å²) in [5.41, 5.74) is 1.43. The van der Waals surface area contributed by atoms with Crippen LogP contribution in [0, 0.1) is 5.41 Å². The minimum absolute atomic E-state index is 0.103. The fourth-order valence-electron chi connectivity index (χ4n) is 1.64. The maximum Gasteiger partial charge on any atom is 0.238 e. The zero-order valence-corrected chi connectivity index (χ0v) is 13.4. The number of hydrogen-bond donors (Lipinski definition) is 3. The standard InChI is InChI=1S/C16H25N3O2/c1-11(16(3,4)5)17-10-15(21)19-14-8-6-7-13(9-14)18-12(2)20/h6-9,11,17H,10H2,1-5H3,(H,18,20)(H,19,21)/t11-/m0/s1. The molecule has 3 N–H and O–H groups in total. The fraction of sp³-hybridized carbons (Fsp3) is 0.500. The van der Waals surface area contributed by atoms with Gasteiger partial charge in [0.2, 0.25) is 11.8 Å². The van der Waals surface area contributed by atoms with Gasteiger partial charge in [-0.25, -0.2) is 0 Å². The van der Waals surface area contributed by atoms with E-state index in [1.165, 1.54) is 6.92 Å². The first-order valence-electron chi connectivity index (χ1n) is 7.09. The van der Waals surface area contributed by atoms with E-state index >= 15 is 0 Å². The second-order valence-electron chi connectivity index (χ2n) is 6.28. The third-order valence-corrected chi connectivity index (χ3v) is 3.33. The molecular weight excluding hydrogens is 266 g/mol. The van der Waals surface area contributed by atoms with Crippen LogP contribution in [0.4, 0.5) is 11.4 Å². The lowest BCUT2D eigenvalue weighted by Crippen LogP contribution is -2.41. The summed E-state index contributed by atoms with van der Waals surface area (Å²) in [5, 5.41) is 8.70. The topological polar surface area (TPSA) is 70.2 Å². The van der Waals surface area contributed by atoms with Crippen molar-refractivity contribution >= 4 is 23.2 Å². The van der Waals surface area contributed by atoms with Gasteiger partial charge in [0.15, 0.2) is 0 Å². The number of carbonyl (C=O) groups excluding carboxylic acids is 2. The van der Waals surface area contributed by atoms with Crippen LogP contribution < -0.4 is 16.0 Å². The lowest BCUT2D eigenvalue weighted by Gasteiger charge is -2.28. The fourth-order valence-corrected chi connectivity index (χ4v) is 1.64. The molecule has 0 fully saturated rings. The summed E-state index contributed by atoms with van der Waals surface area (Å²) in [6.07, 6.45) is 0. The van der Waals surface area contributed by atoms with Gasteiger partial charge in [-0.05, 0) is 30.5 Å². The molecule has 0 radical (unpaired) electrons. The summed E-state index contributed by atoms with van der Waals surface area (Å²) in [4.78, 5) is 22.9. The molecule has 0 heterocycles. The van der Waals surface area contributed by atoms with Crippen LogP contribution in [0.15, 0.2) is 24.3 Å². The van der Waals surface area contributed by atoms with Crippen LogP contribution in [0.5, 0.6) is 0 Å². The third-order valence-electron chi connectivity index (χ3n) is 3.33. The SMILES string of the molecule is CC(=O)Nc1cccc(NC(=O)CN[C@@H](C)C(C)(C)C)c1. The van der Waals surface area contributed by atoms with Gasteiger partial charge in [0.1, 0.15) is 0 Å². The van der Waals surface area contributed by atoms with Crippen molar-refractivity contribution in [1.82, 2.24) is 5.32 Å². The number of benzene rings is 1. The van der Waals surface area contributed by atoms with Crippen LogP contribution in [0.1, 0.15) is 34.6 Å². The van der Waals surface area contributed by atoms with E-state index in [1.54, 1.807) is 24.3 Å². The first kappa shape index (κ1) is 17.2. The van der Waals surface area contributed by atoms with Crippen LogP contribution in [0.3, 0.4) is 0 Å². The Bertz CT molecular complexity index is 506. The van der Waals surface area contributed by atoms with Crippen molar-refractivity contribution in [2.75, 3.05) is 17.2 Å². The highest BCUT2D eigenvalue weighted by molar-refractivity contribution is 5.94. The molecule has 1 rings (SSSR count). The molecule has 5 heteroatoms. The highest BCUT2D eigenvalue weighted by Crippen LogP contribution is 2.18. The van der Waals surface area contributed by atoms with E-state index < -0.39 is 0 Å². The normalized spacial score (nSPS) is 12.6. The average Bonchev–Trinajstić information content (AvgIpc) is 2.34. The van der Waals surface area contributed by atoms with Gasteiger partial charge in [0, 0.05) is 24.3 Å². The lowest BCUT2D eigenvalue weighted by molar-refractivity contribution is -0.116. The molecule has 1 atom stereocenters. The molecule has 0 aliphatic carbocycles. The van der Waals surface area contributed by atoms with E-state index in [2.05, 4.69) is 43.6 Å². The quantitative estimate of drug-likeness (QED) is 0.781. The predicted octanol–water partition coefficient (Wildman–Crippen LogP) is 2.61. The van der Waals surface area contributed by atoms with Crippen molar-refractivity contribution < 1.29 is 9.59 Å². The minimum Gasteiger partial charge on any atom is -0.326 e. The number of hydrogen-bond acceptors (Lipinski definition) is 3. The first-order chi connectivity index (χ1) is 9.68. The van der Waals surface area contributed by atoms with E-state index in [4.69, 9.17) is 0 Å². The summed E-state index contributed by atoms with van der Waals surface area (Å²) >= 11 is 0. The van der Waals surface area contributed by atoms with Gasteiger partial charge >= 0.3 is 0 Å². The maximum atomic E-state index is 11.9. The van der Waals surface area contributed by atoms with Crippen molar-refractivity contribution in [1.29, 1.82) is 0 Å². The second-order valence-corrected chi connectivity index (χ2v) is 6.28. The van der Waals surface area contributed by atoms with Gasteiger partial charge in [-0.2, -0.15) is 0 Å². The van der Waals surface area contributed by atoms with Gasteiger partial charge in [-0.15, -0.1) is 0 Å². The molecule has 0 saturated heterocycles. The zero-order chi connectivity index (χ0) is 16.0. The molecule has 1 aromatic rings. The highest BCUT2D eigenvalue weighted by atomic mass is 16.2. The molecule has 0 aliphatic rings. The number of anilines is 2. The molecule has 0 bridgehead atoms. The number of amides is 2.